The minimum Gasteiger partial charge on any atom is -0.295 e. The first kappa shape index (κ1) is 14.8. The molecule has 1 heterocycles. The number of benzene rings is 2. The number of rotatable bonds is 2. The number of hydrogen-bond acceptors (Lipinski definition) is 1. The molecule has 0 saturated carbocycles. The summed E-state index contributed by atoms with van der Waals surface area (Å²) in [5, 5.41) is -0.265. The summed E-state index contributed by atoms with van der Waals surface area (Å²) in [6, 6.07) is 11.0. The van der Waals surface area contributed by atoms with Gasteiger partial charge in [0.25, 0.3) is 0 Å². The van der Waals surface area contributed by atoms with Crippen molar-refractivity contribution < 1.29 is 4.39 Å². The van der Waals surface area contributed by atoms with Crippen LogP contribution in [0.5, 0.6) is 0 Å². The van der Waals surface area contributed by atoms with Gasteiger partial charge in [-0.15, -0.1) is 11.6 Å². The van der Waals surface area contributed by atoms with E-state index in [0.29, 0.717) is 0 Å². The first-order valence-corrected chi connectivity index (χ1v) is 8.07. The minimum absolute atomic E-state index is 0.259. The Morgan fingerprint density at radius 1 is 1.24 bits per heavy atom. The van der Waals surface area contributed by atoms with Gasteiger partial charge >= 0.3 is 0 Å². The molecule has 1 atom stereocenters. The molecule has 0 radical (unpaired) electrons. The lowest BCUT2D eigenvalue weighted by atomic mass is 10.2. The molecule has 0 N–H and O–H groups in total. The van der Waals surface area contributed by atoms with Gasteiger partial charge in [-0.1, -0.05) is 0 Å². The molecule has 0 amide bonds. The van der Waals surface area contributed by atoms with Crippen LogP contribution in [0, 0.1) is 16.3 Å². The number of hydrogen-bond donors (Lipinski definition) is 0. The van der Waals surface area contributed by atoms with E-state index in [4.69, 9.17) is 11.6 Å². The van der Waals surface area contributed by atoms with Crippen LogP contribution in [0.4, 0.5) is 4.39 Å². The maximum Gasteiger partial charge on any atom is 0.132 e. The van der Waals surface area contributed by atoms with Crippen molar-refractivity contribution in [2.24, 2.45) is 0 Å². The topological polar surface area (TPSA) is 17.8 Å². The summed E-state index contributed by atoms with van der Waals surface area (Å²) in [6.07, 6.45) is 0. The zero-order valence-corrected chi connectivity index (χ0v) is 14.5. The van der Waals surface area contributed by atoms with E-state index < -0.39 is 0 Å². The van der Waals surface area contributed by atoms with E-state index >= 15 is 0 Å². The second-order valence-corrected chi connectivity index (χ2v) is 6.94. The van der Waals surface area contributed by atoms with Crippen LogP contribution in [0.25, 0.3) is 16.7 Å². The van der Waals surface area contributed by atoms with Crippen LogP contribution in [-0.4, -0.2) is 9.55 Å². The van der Waals surface area contributed by atoms with Gasteiger partial charge < -0.3 is 0 Å². The minimum atomic E-state index is -0.265. The highest BCUT2D eigenvalue weighted by molar-refractivity contribution is 14.1. The molecule has 0 fully saturated rings. The van der Waals surface area contributed by atoms with E-state index in [9.17, 15) is 4.39 Å². The highest BCUT2D eigenvalue weighted by Gasteiger charge is 2.17. The van der Waals surface area contributed by atoms with Crippen LogP contribution in [0.15, 0.2) is 36.4 Å². The molecule has 2 nitrogen and oxygen atoms in total. The fraction of sp³-hybridized carbons (Fsp3) is 0.188. The van der Waals surface area contributed by atoms with Crippen molar-refractivity contribution in [2.75, 3.05) is 0 Å². The van der Waals surface area contributed by atoms with Crippen molar-refractivity contribution in [3.05, 3.63) is 57.2 Å². The molecule has 5 heteroatoms. The predicted molar refractivity (Wildman–Crippen MR) is 92.8 cm³/mol. The SMILES string of the molecule is Cc1cc(F)cc(-n2c(C(C)Cl)nc3cc(I)ccc32)c1. The van der Waals surface area contributed by atoms with Crippen LogP contribution >= 0.6 is 34.2 Å². The largest absolute Gasteiger partial charge is 0.295 e. The summed E-state index contributed by atoms with van der Waals surface area (Å²) < 4.78 is 16.8. The quantitative estimate of drug-likeness (QED) is 0.407. The number of nitrogens with zero attached hydrogens (tertiary/aromatic N) is 2. The summed E-state index contributed by atoms with van der Waals surface area (Å²) in [4.78, 5) is 4.61. The molecule has 2 aromatic carbocycles. The maximum atomic E-state index is 13.7. The molecule has 1 aromatic heterocycles. The lowest BCUT2D eigenvalue weighted by Crippen LogP contribution is -2.02. The number of aryl methyl sites for hydroxylation is 1. The van der Waals surface area contributed by atoms with Gasteiger partial charge in [0.2, 0.25) is 0 Å². The number of halogens is 3. The molecule has 0 aliphatic rings. The lowest BCUT2D eigenvalue weighted by Gasteiger charge is -2.11. The van der Waals surface area contributed by atoms with E-state index in [-0.39, 0.29) is 11.2 Å². The first-order valence-electron chi connectivity index (χ1n) is 6.55. The van der Waals surface area contributed by atoms with Crippen molar-refractivity contribution in [3.8, 4) is 5.69 Å². The fourth-order valence-electron chi connectivity index (χ4n) is 2.46. The molecule has 0 aliphatic heterocycles. The smallest absolute Gasteiger partial charge is 0.132 e. The van der Waals surface area contributed by atoms with Crippen LogP contribution in [0.1, 0.15) is 23.7 Å². The zero-order chi connectivity index (χ0) is 15.1. The second kappa shape index (κ2) is 5.57. The third-order valence-electron chi connectivity index (χ3n) is 3.28. The second-order valence-electron chi connectivity index (χ2n) is 5.04. The molecule has 0 saturated heterocycles. The molecular formula is C16H13ClFIN2. The molecule has 3 aromatic rings. The summed E-state index contributed by atoms with van der Waals surface area (Å²) in [5.41, 5.74) is 3.42. The van der Waals surface area contributed by atoms with Crippen LogP contribution < -0.4 is 0 Å². The molecule has 108 valence electrons. The van der Waals surface area contributed by atoms with Crippen molar-refractivity contribution in [3.63, 3.8) is 0 Å². The van der Waals surface area contributed by atoms with E-state index in [0.717, 1.165) is 31.7 Å². The molecule has 21 heavy (non-hydrogen) atoms. The van der Waals surface area contributed by atoms with Crippen molar-refractivity contribution in [1.82, 2.24) is 9.55 Å². The average Bonchev–Trinajstić information content (AvgIpc) is 2.76. The summed E-state index contributed by atoms with van der Waals surface area (Å²) >= 11 is 8.52. The number of alkyl halides is 1. The summed E-state index contributed by atoms with van der Waals surface area (Å²) in [7, 11) is 0. The maximum absolute atomic E-state index is 13.7. The predicted octanol–water partition coefficient (Wildman–Crippen LogP) is 5.38. The van der Waals surface area contributed by atoms with Gasteiger partial charge in [0.05, 0.1) is 22.1 Å². The van der Waals surface area contributed by atoms with Crippen molar-refractivity contribution in [1.29, 1.82) is 0 Å². The normalized spacial score (nSPS) is 12.8. The Labute approximate surface area is 141 Å². The van der Waals surface area contributed by atoms with E-state index in [2.05, 4.69) is 27.6 Å². The van der Waals surface area contributed by atoms with E-state index in [1.165, 1.54) is 12.1 Å². The monoisotopic (exact) mass is 414 g/mol. The molecule has 0 spiro atoms. The molecular weight excluding hydrogens is 402 g/mol. The number of fused-ring (bicyclic) bond motifs is 1. The summed E-state index contributed by atoms with van der Waals surface area (Å²) in [5.74, 6) is 0.462. The Bertz CT molecular complexity index is 806. The number of imidazole rings is 1. The van der Waals surface area contributed by atoms with Crippen molar-refractivity contribution >= 4 is 45.2 Å². The highest BCUT2D eigenvalue weighted by atomic mass is 127. The van der Waals surface area contributed by atoms with Gasteiger partial charge in [-0.05, 0) is 78.4 Å². The molecule has 3 rings (SSSR count). The van der Waals surface area contributed by atoms with Gasteiger partial charge in [0, 0.05) is 3.57 Å². The van der Waals surface area contributed by atoms with Crippen LogP contribution in [0.3, 0.4) is 0 Å². The third-order valence-corrected chi connectivity index (χ3v) is 4.15. The molecule has 1 unspecified atom stereocenters. The van der Waals surface area contributed by atoms with Crippen molar-refractivity contribution in [2.45, 2.75) is 19.2 Å². The van der Waals surface area contributed by atoms with E-state index in [1.807, 2.05) is 42.7 Å². The van der Waals surface area contributed by atoms with Gasteiger partial charge in [-0.3, -0.25) is 4.57 Å². The van der Waals surface area contributed by atoms with Gasteiger partial charge in [-0.2, -0.15) is 0 Å². The average molecular weight is 415 g/mol. The van der Waals surface area contributed by atoms with Crippen LogP contribution in [-0.2, 0) is 0 Å². The number of aromatic nitrogens is 2. The van der Waals surface area contributed by atoms with Gasteiger partial charge in [0.1, 0.15) is 11.6 Å². The first-order chi connectivity index (χ1) is 9.95. The Balaban J connectivity index is 2.36. The Morgan fingerprint density at radius 2 is 2.00 bits per heavy atom. The Morgan fingerprint density at radius 3 is 2.67 bits per heavy atom. The summed E-state index contributed by atoms with van der Waals surface area (Å²) in [6.45, 7) is 3.74. The Kier molecular flexibility index (Phi) is 3.92. The highest BCUT2D eigenvalue weighted by Crippen LogP contribution is 2.29. The fourth-order valence-corrected chi connectivity index (χ4v) is 3.08. The molecule has 0 aliphatic carbocycles. The molecule has 0 bridgehead atoms. The zero-order valence-electron chi connectivity index (χ0n) is 11.6. The van der Waals surface area contributed by atoms with Gasteiger partial charge in [-0.25, -0.2) is 9.37 Å². The standard InChI is InChI=1S/C16H13ClFIN2/c1-9-5-11(18)7-13(6-9)21-15-4-3-12(19)8-14(15)20-16(21)10(2)17/h3-8,10H,1-2H3. The third kappa shape index (κ3) is 2.79. The van der Waals surface area contributed by atoms with Crippen LogP contribution in [0.2, 0.25) is 0 Å². The Hall–Kier alpha value is -1.14. The van der Waals surface area contributed by atoms with Gasteiger partial charge in [0.15, 0.2) is 0 Å². The van der Waals surface area contributed by atoms with E-state index in [1.54, 1.807) is 0 Å². The lowest BCUT2D eigenvalue weighted by molar-refractivity contribution is 0.625.